The Morgan fingerprint density at radius 1 is 1.00 bits per heavy atom. The fourth-order valence-electron chi connectivity index (χ4n) is 3.18. The Hall–Kier alpha value is -2.54. The van der Waals surface area contributed by atoms with Crippen molar-refractivity contribution in [3.05, 3.63) is 54.1 Å². The SMILES string of the molecule is CC(C)Oc1ccc(C(=O)N2CCCN(S(C)(=O)=O)c3ccccc32)cc1. The first-order valence-electron chi connectivity index (χ1n) is 8.92. The molecule has 1 amide bonds. The van der Waals surface area contributed by atoms with E-state index in [2.05, 4.69) is 0 Å². The second-order valence-corrected chi connectivity index (χ2v) is 8.73. The Kier molecular flexibility index (Phi) is 5.41. The van der Waals surface area contributed by atoms with Crippen LogP contribution in [0.4, 0.5) is 11.4 Å². The number of hydrogen-bond acceptors (Lipinski definition) is 4. The number of carbonyl (C=O) groups is 1. The Morgan fingerprint density at radius 3 is 2.22 bits per heavy atom. The first-order chi connectivity index (χ1) is 12.8. The van der Waals surface area contributed by atoms with E-state index in [1.54, 1.807) is 47.4 Å². The van der Waals surface area contributed by atoms with Gasteiger partial charge in [-0.15, -0.1) is 0 Å². The molecule has 0 bridgehead atoms. The van der Waals surface area contributed by atoms with Gasteiger partial charge in [-0.05, 0) is 56.7 Å². The summed E-state index contributed by atoms with van der Waals surface area (Å²) in [5.41, 5.74) is 1.67. The van der Waals surface area contributed by atoms with Crippen molar-refractivity contribution in [3.63, 3.8) is 0 Å². The van der Waals surface area contributed by atoms with Crippen molar-refractivity contribution in [1.29, 1.82) is 0 Å². The number of rotatable bonds is 4. The number of sulfonamides is 1. The van der Waals surface area contributed by atoms with Gasteiger partial charge in [0.25, 0.3) is 5.91 Å². The van der Waals surface area contributed by atoms with Crippen LogP contribution < -0.4 is 13.9 Å². The molecule has 27 heavy (non-hydrogen) atoms. The van der Waals surface area contributed by atoms with Crippen LogP contribution in [0.5, 0.6) is 5.75 Å². The van der Waals surface area contributed by atoms with Gasteiger partial charge in [0.15, 0.2) is 0 Å². The fourth-order valence-corrected chi connectivity index (χ4v) is 4.15. The van der Waals surface area contributed by atoms with Crippen molar-refractivity contribution < 1.29 is 17.9 Å². The zero-order valence-corrected chi connectivity index (χ0v) is 16.6. The van der Waals surface area contributed by atoms with E-state index in [1.807, 2.05) is 19.9 Å². The number of benzene rings is 2. The highest BCUT2D eigenvalue weighted by Crippen LogP contribution is 2.34. The van der Waals surface area contributed by atoms with Crippen LogP contribution in [0.3, 0.4) is 0 Å². The topological polar surface area (TPSA) is 66.9 Å². The van der Waals surface area contributed by atoms with Crippen molar-refractivity contribution in [1.82, 2.24) is 0 Å². The minimum atomic E-state index is -3.41. The van der Waals surface area contributed by atoms with Gasteiger partial charge in [-0.2, -0.15) is 0 Å². The maximum absolute atomic E-state index is 13.1. The van der Waals surface area contributed by atoms with Gasteiger partial charge in [0.1, 0.15) is 5.75 Å². The second kappa shape index (κ2) is 7.60. The summed E-state index contributed by atoms with van der Waals surface area (Å²) in [5, 5.41) is 0. The predicted octanol–water partition coefficient (Wildman–Crippen LogP) is 3.29. The number of nitrogens with zero attached hydrogens (tertiary/aromatic N) is 2. The lowest BCUT2D eigenvalue weighted by Crippen LogP contribution is -2.31. The third-order valence-corrected chi connectivity index (χ3v) is 5.48. The fraction of sp³-hybridized carbons (Fsp3) is 0.350. The average molecular weight is 388 g/mol. The van der Waals surface area contributed by atoms with E-state index in [0.717, 1.165) is 0 Å². The molecule has 2 aromatic rings. The van der Waals surface area contributed by atoms with Crippen molar-refractivity contribution >= 4 is 27.3 Å². The molecule has 0 unspecified atom stereocenters. The van der Waals surface area contributed by atoms with Crippen molar-refractivity contribution in [2.24, 2.45) is 0 Å². The third kappa shape index (κ3) is 4.24. The van der Waals surface area contributed by atoms with Gasteiger partial charge >= 0.3 is 0 Å². The highest BCUT2D eigenvalue weighted by atomic mass is 32.2. The van der Waals surface area contributed by atoms with Crippen LogP contribution in [-0.2, 0) is 10.0 Å². The number of fused-ring (bicyclic) bond motifs is 1. The summed E-state index contributed by atoms with van der Waals surface area (Å²) in [6, 6.07) is 14.1. The van der Waals surface area contributed by atoms with E-state index in [4.69, 9.17) is 4.74 Å². The molecule has 1 aliphatic heterocycles. The molecule has 3 rings (SSSR count). The van der Waals surface area contributed by atoms with E-state index in [-0.39, 0.29) is 12.0 Å². The molecule has 0 saturated heterocycles. The van der Waals surface area contributed by atoms with Crippen LogP contribution in [0.2, 0.25) is 0 Å². The molecule has 0 saturated carbocycles. The highest BCUT2D eigenvalue weighted by Gasteiger charge is 2.29. The molecule has 0 atom stereocenters. The molecule has 0 radical (unpaired) electrons. The van der Waals surface area contributed by atoms with Gasteiger partial charge in [0, 0.05) is 18.7 Å². The van der Waals surface area contributed by atoms with Gasteiger partial charge in [0.2, 0.25) is 10.0 Å². The monoisotopic (exact) mass is 388 g/mol. The van der Waals surface area contributed by atoms with Crippen LogP contribution in [0.25, 0.3) is 0 Å². The number of para-hydroxylation sites is 2. The van der Waals surface area contributed by atoms with Crippen molar-refractivity contribution in [3.8, 4) is 5.75 Å². The molecule has 0 aromatic heterocycles. The zero-order valence-electron chi connectivity index (χ0n) is 15.8. The van der Waals surface area contributed by atoms with Crippen molar-refractivity contribution in [2.45, 2.75) is 26.4 Å². The van der Waals surface area contributed by atoms with Crippen LogP contribution in [0, 0.1) is 0 Å². The highest BCUT2D eigenvalue weighted by molar-refractivity contribution is 7.92. The molecule has 0 aliphatic carbocycles. The summed E-state index contributed by atoms with van der Waals surface area (Å²) in [7, 11) is -3.41. The molecular formula is C20H24N2O4S. The number of hydrogen-bond donors (Lipinski definition) is 0. The quantitative estimate of drug-likeness (QED) is 0.806. The lowest BCUT2D eigenvalue weighted by molar-refractivity contribution is 0.0987. The molecule has 1 aliphatic rings. The smallest absolute Gasteiger partial charge is 0.258 e. The summed E-state index contributed by atoms with van der Waals surface area (Å²) in [5.74, 6) is 0.551. The van der Waals surface area contributed by atoms with Crippen molar-refractivity contribution in [2.75, 3.05) is 28.6 Å². The molecule has 6 nitrogen and oxygen atoms in total. The standard InChI is InChI=1S/C20H24N2O4S/c1-15(2)26-17-11-9-16(10-12-17)20(23)21-13-6-14-22(27(3,24)25)19-8-5-4-7-18(19)21/h4-5,7-12,15H,6,13-14H2,1-3H3. The number of anilines is 2. The van der Waals surface area contributed by atoms with Crippen LogP contribution >= 0.6 is 0 Å². The molecule has 1 heterocycles. The first kappa shape index (κ1) is 19.2. The van der Waals surface area contributed by atoms with E-state index >= 15 is 0 Å². The molecule has 7 heteroatoms. The Bertz CT molecular complexity index is 923. The molecule has 0 N–H and O–H groups in total. The van der Waals surface area contributed by atoms with E-state index in [9.17, 15) is 13.2 Å². The van der Waals surface area contributed by atoms with Crippen LogP contribution in [-0.4, -0.2) is 39.8 Å². The normalized spacial score (nSPS) is 14.7. The maximum Gasteiger partial charge on any atom is 0.258 e. The molecular weight excluding hydrogens is 364 g/mol. The molecule has 0 spiro atoms. The lowest BCUT2D eigenvalue weighted by atomic mass is 10.1. The van der Waals surface area contributed by atoms with E-state index in [1.165, 1.54) is 10.6 Å². The number of amides is 1. The number of carbonyl (C=O) groups excluding carboxylic acids is 1. The second-order valence-electron chi connectivity index (χ2n) is 6.83. The summed E-state index contributed by atoms with van der Waals surface area (Å²) in [6.45, 7) is 4.69. The summed E-state index contributed by atoms with van der Waals surface area (Å²) in [4.78, 5) is 14.8. The third-order valence-electron chi connectivity index (χ3n) is 4.30. The summed E-state index contributed by atoms with van der Waals surface area (Å²) in [6.07, 6.45) is 1.81. The van der Waals surface area contributed by atoms with Gasteiger partial charge in [0.05, 0.1) is 23.7 Å². The maximum atomic E-state index is 13.1. The average Bonchev–Trinajstić information content (AvgIpc) is 2.81. The van der Waals surface area contributed by atoms with E-state index in [0.29, 0.717) is 42.2 Å². The number of ether oxygens (including phenoxy) is 1. The Labute approximate surface area is 160 Å². The first-order valence-corrected chi connectivity index (χ1v) is 10.8. The minimum absolute atomic E-state index is 0.0611. The molecule has 144 valence electrons. The summed E-state index contributed by atoms with van der Waals surface area (Å²) < 4.78 is 31.4. The van der Waals surface area contributed by atoms with Crippen LogP contribution in [0.1, 0.15) is 30.6 Å². The van der Waals surface area contributed by atoms with E-state index < -0.39 is 10.0 Å². The predicted molar refractivity (Wildman–Crippen MR) is 107 cm³/mol. The largest absolute Gasteiger partial charge is 0.491 e. The summed E-state index contributed by atoms with van der Waals surface area (Å²) >= 11 is 0. The minimum Gasteiger partial charge on any atom is -0.491 e. The Balaban J connectivity index is 1.94. The molecule has 2 aromatic carbocycles. The van der Waals surface area contributed by atoms with Gasteiger partial charge in [-0.3, -0.25) is 9.10 Å². The zero-order chi connectivity index (χ0) is 19.6. The Morgan fingerprint density at radius 2 is 1.63 bits per heavy atom. The lowest BCUT2D eigenvalue weighted by Gasteiger charge is -2.25. The van der Waals surface area contributed by atoms with Gasteiger partial charge in [-0.1, -0.05) is 12.1 Å². The van der Waals surface area contributed by atoms with Gasteiger partial charge < -0.3 is 9.64 Å². The van der Waals surface area contributed by atoms with Gasteiger partial charge in [-0.25, -0.2) is 8.42 Å². The molecule has 0 fully saturated rings. The van der Waals surface area contributed by atoms with Crippen LogP contribution in [0.15, 0.2) is 48.5 Å².